The van der Waals surface area contributed by atoms with Crippen LogP contribution in [0.3, 0.4) is 0 Å². The van der Waals surface area contributed by atoms with E-state index >= 15 is 0 Å². The molecule has 1 heterocycles. The van der Waals surface area contributed by atoms with Crippen molar-refractivity contribution >= 4 is 29.3 Å². The number of carbonyl (C=O) groups is 1. The SMILES string of the molecule is COc1ccc(Cl)cc1NC(=O)/C(C#N)=C/c1cn[nH]c1-c1ccc(F)cc1. The van der Waals surface area contributed by atoms with Crippen LogP contribution in [0.4, 0.5) is 10.1 Å². The summed E-state index contributed by atoms with van der Waals surface area (Å²) < 4.78 is 18.3. The fourth-order valence-corrected chi connectivity index (χ4v) is 2.70. The van der Waals surface area contributed by atoms with E-state index in [0.717, 1.165) is 0 Å². The van der Waals surface area contributed by atoms with Gasteiger partial charge in [0, 0.05) is 16.1 Å². The highest BCUT2D eigenvalue weighted by Gasteiger charge is 2.15. The molecule has 0 saturated carbocycles. The summed E-state index contributed by atoms with van der Waals surface area (Å²) in [6, 6.07) is 12.4. The summed E-state index contributed by atoms with van der Waals surface area (Å²) >= 11 is 5.96. The maximum atomic E-state index is 13.1. The number of carbonyl (C=O) groups excluding carboxylic acids is 1. The van der Waals surface area contributed by atoms with Crippen molar-refractivity contribution in [3.05, 3.63) is 70.6 Å². The first kappa shape index (κ1) is 19.1. The first-order valence-corrected chi connectivity index (χ1v) is 8.45. The number of hydrogen-bond donors (Lipinski definition) is 2. The Morgan fingerprint density at radius 1 is 1.32 bits per heavy atom. The number of anilines is 1. The van der Waals surface area contributed by atoms with Crippen LogP contribution in [0.25, 0.3) is 17.3 Å². The highest BCUT2D eigenvalue weighted by Crippen LogP contribution is 2.28. The molecule has 0 aliphatic heterocycles. The summed E-state index contributed by atoms with van der Waals surface area (Å²) in [5, 5.41) is 19.2. The Labute approximate surface area is 165 Å². The third kappa shape index (κ3) is 4.19. The Morgan fingerprint density at radius 3 is 2.75 bits per heavy atom. The van der Waals surface area contributed by atoms with E-state index in [0.29, 0.717) is 33.3 Å². The molecule has 3 aromatic rings. The van der Waals surface area contributed by atoms with Crippen molar-refractivity contribution in [1.82, 2.24) is 10.2 Å². The number of benzene rings is 2. The van der Waals surface area contributed by atoms with Crippen LogP contribution in [0.5, 0.6) is 5.75 Å². The number of rotatable bonds is 5. The molecular formula is C20H14ClFN4O2. The zero-order chi connectivity index (χ0) is 20.1. The predicted octanol–water partition coefficient (Wildman–Crippen LogP) is 4.42. The van der Waals surface area contributed by atoms with Crippen LogP contribution in [0.1, 0.15) is 5.56 Å². The number of halogens is 2. The Balaban J connectivity index is 1.90. The minimum atomic E-state index is -0.630. The van der Waals surface area contributed by atoms with Crippen molar-refractivity contribution in [2.45, 2.75) is 0 Å². The molecule has 2 aromatic carbocycles. The molecular weight excluding hydrogens is 383 g/mol. The van der Waals surface area contributed by atoms with Crippen molar-refractivity contribution in [2.75, 3.05) is 12.4 Å². The number of hydrogen-bond acceptors (Lipinski definition) is 4. The fraction of sp³-hybridized carbons (Fsp3) is 0.0500. The molecule has 3 rings (SSSR count). The topological polar surface area (TPSA) is 90.8 Å². The zero-order valence-corrected chi connectivity index (χ0v) is 15.4. The van der Waals surface area contributed by atoms with Crippen molar-refractivity contribution in [3.63, 3.8) is 0 Å². The maximum Gasteiger partial charge on any atom is 0.266 e. The number of amides is 1. The van der Waals surface area contributed by atoms with Gasteiger partial charge in [-0.05, 0) is 48.5 Å². The average molecular weight is 397 g/mol. The van der Waals surface area contributed by atoms with Gasteiger partial charge in [0.1, 0.15) is 23.2 Å². The van der Waals surface area contributed by atoms with E-state index in [-0.39, 0.29) is 11.4 Å². The number of nitriles is 1. The molecule has 1 aromatic heterocycles. The van der Waals surface area contributed by atoms with Gasteiger partial charge in [-0.15, -0.1) is 0 Å². The third-order valence-electron chi connectivity index (χ3n) is 3.88. The van der Waals surface area contributed by atoms with Gasteiger partial charge in [0.15, 0.2) is 0 Å². The Bertz CT molecular complexity index is 1080. The molecule has 0 saturated heterocycles. The summed E-state index contributed by atoms with van der Waals surface area (Å²) in [5.41, 5.74) is 1.93. The second kappa shape index (κ2) is 8.37. The molecule has 0 bridgehead atoms. The second-order valence-corrected chi connectivity index (χ2v) is 6.11. The first-order valence-electron chi connectivity index (χ1n) is 8.08. The monoisotopic (exact) mass is 396 g/mol. The highest BCUT2D eigenvalue weighted by atomic mass is 35.5. The van der Waals surface area contributed by atoms with E-state index in [1.54, 1.807) is 24.3 Å². The maximum absolute atomic E-state index is 13.1. The Kier molecular flexibility index (Phi) is 5.72. The van der Waals surface area contributed by atoms with Gasteiger partial charge in [0.2, 0.25) is 0 Å². The molecule has 28 heavy (non-hydrogen) atoms. The molecule has 0 spiro atoms. The van der Waals surface area contributed by atoms with Gasteiger partial charge in [-0.1, -0.05) is 11.6 Å². The number of nitrogens with zero attached hydrogens (tertiary/aromatic N) is 2. The van der Waals surface area contributed by atoms with Crippen molar-refractivity contribution in [3.8, 4) is 23.1 Å². The average Bonchev–Trinajstić information content (AvgIpc) is 3.15. The summed E-state index contributed by atoms with van der Waals surface area (Å²) in [7, 11) is 1.46. The molecule has 2 N–H and O–H groups in total. The lowest BCUT2D eigenvalue weighted by atomic mass is 10.1. The van der Waals surface area contributed by atoms with Gasteiger partial charge >= 0.3 is 0 Å². The quantitative estimate of drug-likeness (QED) is 0.493. The second-order valence-electron chi connectivity index (χ2n) is 5.68. The lowest BCUT2D eigenvalue weighted by Gasteiger charge is -2.10. The summed E-state index contributed by atoms with van der Waals surface area (Å²) in [6.07, 6.45) is 2.87. The van der Waals surface area contributed by atoms with Gasteiger partial charge < -0.3 is 10.1 Å². The lowest BCUT2D eigenvalue weighted by Crippen LogP contribution is -2.14. The molecule has 140 valence electrons. The minimum absolute atomic E-state index is 0.146. The summed E-state index contributed by atoms with van der Waals surface area (Å²) in [6.45, 7) is 0. The van der Waals surface area contributed by atoms with Gasteiger partial charge in [-0.2, -0.15) is 10.4 Å². The zero-order valence-electron chi connectivity index (χ0n) is 14.7. The summed E-state index contributed by atoms with van der Waals surface area (Å²) in [5.74, 6) is -0.590. The van der Waals surface area contributed by atoms with Crippen LogP contribution in [-0.2, 0) is 4.79 Å². The van der Waals surface area contributed by atoms with Gasteiger partial charge in [0.25, 0.3) is 5.91 Å². The first-order chi connectivity index (χ1) is 13.5. The van der Waals surface area contributed by atoms with E-state index in [1.807, 2.05) is 6.07 Å². The Hall–Kier alpha value is -3.63. The molecule has 0 aliphatic rings. The normalized spacial score (nSPS) is 11.0. The van der Waals surface area contributed by atoms with Crippen molar-refractivity contribution < 1.29 is 13.9 Å². The number of ether oxygens (including phenoxy) is 1. The molecule has 0 aliphatic carbocycles. The van der Waals surface area contributed by atoms with Gasteiger partial charge in [0.05, 0.1) is 24.7 Å². The van der Waals surface area contributed by atoms with E-state index in [9.17, 15) is 14.4 Å². The lowest BCUT2D eigenvalue weighted by molar-refractivity contribution is -0.112. The standard InChI is InChI=1S/C20H14ClFN4O2/c1-28-18-7-4-15(21)9-17(18)25-20(27)13(10-23)8-14-11-24-26-19(14)12-2-5-16(22)6-3-12/h2-9,11H,1H3,(H,24,26)(H,25,27)/b13-8+. The van der Waals surface area contributed by atoms with Gasteiger partial charge in [-0.3, -0.25) is 9.89 Å². The molecule has 6 nitrogen and oxygen atoms in total. The molecule has 0 fully saturated rings. The number of methoxy groups -OCH3 is 1. The molecule has 8 heteroatoms. The van der Waals surface area contributed by atoms with Crippen LogP contribution in [0.2, 0.25) is 5.02 Å². The summed E-state index contributed by atoms with van der Waals surface area (Å²) in [4.78, 5) is 12.6. The van der Waals surface area contributed by atoms with Crippen LogP contribution < -0.4 is 10.1 Å². The van der Waals surface area contributed by atoms with Crippen molar-refractivity contribution in [1.29, 1.82) is 5.26 Å². The smallest absolute Gasteiger partial charge is 0.266 e. The van der Waals surface area contributed by atoms with E-state index < -0.39 is 5.91 Å². The fourth-order valence-electron chi connectivity index (χ4n) is 2.52. The highest BCUT2D eigenvalue weighted by molar-refractivity contribution is 6.31. The van der Waals surface area contributed by atoms with Crippen LogP contribution in [0, 0.1) is 17.1 Å². The molecule has 0 radical (unpaired) electrons. The van der Waals surface area contributed by atoms with Gasteiger partial charge in [-0.25, -0.2) is 4.39 Å². The number of nitrogens with one attached hydrogen (secondary N) is 2. The minimum Gasteiger partial charge on any atom is -0.495 e. The van der Waals surface area contributed by atoms with Crippen LogP contribution in [0.15, 0.2) is 54.2 Å². The molecule has 0 atom stereocenters. The van der Waals surface area contributed by atoms with Crippen LogP contribution >= 0.6 is 11.6 Å². The largest absolute Gasteiger partial charge is 0.495 e. The molecule has 1 amide bonds. The van der Waals surface area contributed by atoms with Crippen molar-refractivity contribution in [2.24, 2.45) is 0 Å². The number of H-pyrrole nitrogens is 1. The van der Waals surface area contributed by atoms with E-state index in [1.165, 1.54) is 37.6 Å². The van der Waals surface area contributed by atoms with E-state index in [4.69, 9.17) is 16.3 Å². The Morgan fingerprint density at radius 2 is 2.07 bits per heavy atom. The number of aromatic nitrogens is 2. The van der Waals surface area contributed by atoms with E-state index in [2.05, 4.69) is 15.5 Å². The number of aromatic amines is 1. The predicted molar refractivity (Wildman–Crippen MR) is 104 cm³/mol. The third-order valence-corrected chi connectivity index (χ3v) is 4.11. The molecule has 0 unspecified atom stereocenters. The van der Waals surface area contributed by atoms with Crippen LogP contribution in [-0.4, -0.2) is 23.2 Å².